The SMILES string of the molecule is COc1ccccc1[C@@H](O)[C@H](N)C(C)Cc1ccccc1Cl. The van der Waals surface area contributed by atoms with E-state index >= 15 is 0 Å². The van der Waals surface area contributed by atoms with E-state index in [-0.39, 0.29) is 5.92 Å². The molecule has 3 nitrogen and oxygen atoms in total. The first kappa shape index (κ1) is 16.8. The molecule has 0 amide bonds. The van der Waals surface area contributed by atoms with E-state index in [1.165, 1.54) is 0 Å². The molecule has 2 aromatic carbocycles. The van der Waals surface area contributed by atoms with Crippen molar-refractivity contribution in [2.24, 2.45) is 11.7 Å². The zero-order valence-corrected chi connectivity index (χ0v) is 13.6. The molecule has 4 heteroatoms. The van der Waals surface area contributed by atoms with Gasteiger partial charge in [-0.1, -0.05) is 54.9 Å². The fraction of sp³-hybridized carbons (Fsp3) is 0.333. The number of halogens is 1. The number of aliphatic hydroxyl groups excluding tert-OH is 1. The van der Waals surface area contributed by atoms with E-state index in [1.54, 1.807) is 7.11 Å². The summed E-state index contributed by atoms with van der Waals surface area (Å²) in [7, 11) is 1.59. The first-order valence-corrected chi connectivity index (χ1v) is 7.72. The Morgan fingerprint density at radius 3 is 2.45 bits per heavy atom. The predicted octanol–water partition coefficient (Wildman–Crippen LogP) is 3.59. The monoisotopic (exact) mass is 319 g/mol. The average molecular weight is 320 g/mol. The lowest BCUT2D eigenvalue weighted by atomic mass is 9.88. The highest BCUT2D eigenvalue weighted by Crippen LogP contribution is 2.30. The number of hydrogen-bond donors (Lipinski definition) is 2. The van der Waals surface area contributed by atoms with Crippen molar-refractivity contribution in [3.05, 3.63) is 64.7 Å². The molecule has 1 unspecified atom stereocenters. The first-order valence-electron chi connectivity index (χ1n) is 7.34. The Hall–Kier alpha value is -1.55. The Balaban J connectivity index is 2.13. The van der Waals surface area contributed by atoms with Crippen molar-refractivity contribution in [1.29, 1.82) is 0 Å². The smallest absolute Gasteiger partial charge is 0.124 e. The second-order valence-electron chi connectivity index (χ2n) is 5.54. The van der Waals surface area contributed by atoms with Crippen LogP contribution in [0.25, 0.3) is 0 Å². The van der Waals surface area contributed by atoms with Crippen LogP contribution < -0.4 is 10.5 Å². The Kier molecular flexibility index (Phi) is 5.83. The highest BCUT2D eigenvalue weighted by molar-refractivity contribution is 6.31. The van der Waals surface area contributed by atoms with Gasteiger partial charge in [0.25, 0.3) is 0 Å². The molecule has 0 aromatic heterocycles. The van der Waals surface area contributed by atoms with Crippen molar-refractivity contribution in [3.63, 3.8) is 0 Å². The largest absolute Gasteiger partial charge is 0.496 e. The zero-order chi connectivity index (χ0) is 16.1. The van der Waals surface area contributed by atoms with Crippen LogP contribution in [-0.4, -0.2) is 18.3 Å². The molecule has 0 saturated heterocycles. The number of rotatable bonds is 6. The van der Waals surface area contributed by atoms with Gasteiger partial charge in [0.1, 0.15) is 5.75 Å². The Morgan fingerprint density at radius 2 is 1.77 bits per heavy atom. The van der Waals surface area contributed by atoms with Crippen molar-refractivity contribution in [2.75, 3.05) is 7.11 Å². The van der Waals surface area contributed by atoms with E-state index in [2.05, 4.69) is 0 Å². The highest BCUT2D eigenvalue weighted by Gasteiger charge is 2.25. The maximum atomic E-state index is 10.6. The summed E-state index contributed by atoms with van der Waals surface area (Å²) in [5.74, 6) is 0.718. The summed E-state index contributed by atoms with van der Waals surface area (Å²) >= 11 is 6.19. The summed E-state index contributed by atoms with van der Waals surface area (Å²) < 4.78 is 5.30. The van der Waals surface area contributed by atoms with E-state index < -0.39 is 12.1 Å². The van der Waals surface area contributed by atoms with Crippen molar-refractivity contribution < 1.29 is 9.84 Å². The van der Waals surface area contributed by atoms with Gasteiger partial charge in [-0.25, -0.2) is 0 Å². The van der Waals surface area contributed by atoms with Crippen molar-refractivity contribution >= 4 is 11.6 Å². The number of benzene rings is 2. The van der Waals surface area contributed by atoms with Gasteiger partial charge in [0, 0.05) is 16.6 Å². The van der Waals surface area contributed by atoms with Crippen LogP contribution in [0, 0.1) is 5.92 Å². The van der Waals surface area contributed by atoms with Crippen LogP contribution in [0.15, 0.2) is 48.5 Å². The van der Waals surface area contributed by atoms with Gasteiger partial charge in [-0.05, 0) is 30.0 Å². The third-order valence-corrected chi connectivity index (χ3v) is 4.35. The lowest BCUT2D eigenvalue weighted by Crippen LogP contribution is -2.36. The number of aliphatic hydroxyl groups is 1. The van der Waals surface area contributed by atoms with Crippen LogP contribution in [0.3, 0.4) is 0 Å². The van der Waals surface area contributed by atoms with Gasteiger partial charge >= 0.3 is 0 Å². The average Bonchev–Trinajstić information content (AvgIpc) is 2.55. The van der Waals surface area contributed by atoms with E-state index in [0.29, 0.717) is 17.7 Å². The molecule has 0 saturated carbocycles. The number of methoxy groups -OCH3 is 1. The van der Waals surface area contributed by atoms with Crippen molar-refractivity contribution in [2.45, 2.75) is 25.5 Å². The van der Waals surface area contributed by atoms with Crippen LogP contribution in [0.4, 0.5) is 0 Å². The molecule has 0 spiro atoms. The summed E-state index contributed by atoms with van der Waals surface area (Å²) in [6, 6.07) is 14.7. The molecule has 0 heterocycles. The van der Waals surface area contributed by atoms with Gasteiger partial charge in [-0.3, -0.25) is 0 Å². The molecular weight excluding hydrogens is 298 g/mol. The van der Waals surface area contributed by atoms with Gasteiger partial charge in [0.15, 0.2) is 0 Å². The molecule has 0 radical (unpaired) electrons. The molecule has 22 heavy (non-hydrogen) atoms. The minimum Gasteiger partial charge on any atom is -0.496 e. The van der Waals surface area contributed by atoms with Gasteiger partial charge in [0.2, 0.25) is 0 Å². The van der Waals surface area contributed by atoms with E-state index in [0.717, 1.165) is 10.6 Å². The second-order valence-corrected chi connectivity index (χ2v) is 5.94. The summed E-state index contributed by atoms with van der Waals surface area (Å²) in [5, 5.41) is 11.3. The molecule has 2 aromatic rings. The predicted molar refractivity (Wildman–Crippen MR) is 90.2 cm³/mol. The normalized spacial score (nSPS) is 15.1. The number of hydrogen-bond acceptors (Lipinski definition) is 3. The second kappa shape index (κ2) is 7.63. The van der Waals surface area contributed by atoms with Crippen LogP contribution in [-0.2, 0) is 6.42 Å². The van der Waals surface area contributed by atoms with E-state index in [4.69, 9.17) is 22.1 Å². The number of nitrogens with two attached hydrogens (primary N) is 1. The third-order valence-electron chi connectivity index (χ3n) is 3.98. The molecule has 0 aliphatic rings. The molecule has 0 fully saturated rings. The minimum absolute atomic E-state index is 0.0693. The van der Waals surface area contributed by atoms with Gasteiger partial charge < -0.3 is 15.6 Å². The lowest BCUT2D eigenvalue weighted by molar-refractivity contribution is 0.118. The topological polar surface area (TPSA) is 55.5 Å². The summed E-state index contributed by atoms with van der Waals surface area (Å²) in [4.78, 5) is 0. The molecular formula is C18H22ClNO2. The Bertz CT molecular complexity index is 618. The first-order chi connectivity index (χ1) is 10.5. The number of para-hydroxylation sites is 1. The maximum Gasteiger partial charge on any atom is 0.124 e. The molecule has 0 aliphatic carbocycles. The van der Waals surface area contributed by atoms with Crippen molar-refractivity contribution in [1.82, 2.24) is 0 Å². The van der Waals surface area contributed by atoms with Crippen molar-refractivity contribution in [3.8, 4) is 5.75 Å². The molecule has 3 N–H and O–H groups in total. The number of ether oxygens (including phenoxy) is 1. The lowest BCUT2D eigenvalue weighted by Gasteiger charge is -2.26. The molecule has 118 valence electrons. The summed E-state index contributed by atoms with van der Waals surface area (Å²) in [6.07, 6.45) is -0.0683. The quantitative estimate of drug-likeness (QED) is 0.855. The molecule has 3 atom stereocenters. The Morgan fingerprint density at radius 1 is 1.14 bits per heavy atom. The van der Waals surface area contributed by atoms with Crippen LogP contribution in [0.2, 0.25) is 5.02 Å². The fourth-order valence-corrected chi connectivity index (χ4v) is 2.79. The van der Waals surface area contributed by atoms with Crippen LogP contribution in [0.5, 0.6) is 5.75 Å². The summed E-state index contributed by atoms with van der Waals surface area (Å²) in [6.45, 7) is 2.02. The van der Waals surface area contributed by atoms with E-state index in [9.17, 15) is 5.11 Å². The molecule has 0 bridgehead atoms. The fourth-order valence-electron chi connectivity index (χ4n) is 2.58. The Labute approximate surface area is 136 Å². The standard InChI is InChI=1S/C18H22ClNO2/c1-12(11-13-7-3-5-9-15(13)19)17(20)18(21)14-8-4-6-10-16(14)22-2/h3-10,12,17-18,21H,11,20H2,1-2H3/t12?,17-,18-/m1/s1. The maximum absolute atomic E-state index is 10.6. The minimum atomic E-state index is -0.784. The van der Waals surface area contributed by atoms with Gasteiger partial charge in [0.05, 0.1) is 13.2 Å². The zero-order valence-electron chi connectivity index (χ0n) is 12.9. The molecule has 0 aliphatic heterocycles. The summed E-state index contributed by atoms with van der Waals surface area (Å²) in [5.41, 5.74) is 8.02. The van der Waals surface area contributed by atoms with E-state index in [1.807, 2.05) is 55.5 Å². The third kappa shape index (κ3) is 3.80. The van der Waals surface area contributed by atoms with Crippen LogP contribution >= 0.6 is 11.6 Å². The highest BCUT2D eigenvalue weighted by atomic mass is 35.5. The van der Waals surface area contributed by atoms with Gasteiger partial charge in [-0.15, -0.1) is 0 Å². The molecule has 2 rings (SSSR count). The van der Waals surface area contributed by atoms with Crippen LogP contribution in [0.1, 0.15) is 24.2 Å². The van der Waals surface area contributed by atoms with Gasteiger partial charge in [-0.2, -0.15) is 0 Å².